The molecular formula is C19H28N6O. The van der Waals surface area contributed by atoms with Gasteiger partial charge in [-0.2, -0.15) is 5.10 Å². The van der Waals surface area contributed by atoms with Gasteiger partial charge in [-0.3, -0.25) is 14.5 Å². The van der Waals surface area contributed by atoms with Gasteiger partial charge in [-0.25, -0.2) is 0 Å². The maximum absolute atomic E-state index is 11.7. The monoisotopic (exact) mass is 356 g/mol. The second-order valence-corrected chi connectivity index (χ2v) is 6.00. The molecule has 2 aromatic rings. The number of nitrogens with zero attached hydrogens (tertiary/aromatic N) is 3. The number of hydrogen-bond acceptors (Lipinski definition) is 3. The predicted molar refractivity (Wildman–Crippen MR) is 104 cm³/mol. The first-order valence-corrected chi connectivity index (χ1v) is 8.94. The molecule has 1 aromatic heterocycles. The first kappa shape index (κ1) is 19.5. The Kier molecular flexibility index (Phi) is 7.67. The fourth-order valence-corrected chi connectivity index (χ4v) is 2.53. The summed E-state index contributed by atoms with van der Waals surface area (Å²) in [4.78, 5) is 16.3. The molecular weight excluding hydrogens is 328 g/mol. The number of rotatable bonds is 8. The zero-order chi connectivity index (χ0) is 18.8. The molecule has 0 aliphatic carbocycles. The SMILES string of the molecule is CCNC(=NCCc1cccc(C(=O)NC)c1)NCCn1cc(C)cn1. The fourth-order valence-electron chi connectivity index (χ4n) is 2.53. The third-order valence-electron chi connectivity index (χ3n) is 3.83. The number of benzene rings is 1. The minimum atomic E-state index is -0.0702. The normalized spacial score (nSPS) is 11.3. The zero-order valence-electron chi connectivity index (χ0n) is 15.7. The van der Waals surface area contributed by atoms with Crippen LogP contribution in [0.4, 0.5) is 0 Å². The highest BCUT2D eigenvalue weighted by Gasteiger charge is 2.04. The van der Waals surface area contributed by atoms with Crippen molar-refractivity contribution in [2.45, 2.75) is 26.8 Å². The second kappa shape index (κ2) is 10.2. The number of nitrogens with one attached hydrogen (secondary N) is 3. The molecule has 140 valence electrons. The predicted octanol–water partition coefficient (Wildman–Crippen LogP) is 1.35. The standard InChI is InChI=1S/C19H28N6O/c1-4-21-19(23-10-11-25-14-15(2)13-24-25)22-9-8-16-6-5-7-17(12-16)18(26)20-3/h5-7,12-14H,4,8-11H2,1-3H3,(H,20,26)(H2,21,22,23). The highest BCUT2D eigenvalue weighted by atomic mass is 16.1. The van der Waals surface area contributed by atoms with Crippen molar-refractivity contribution in [2.24, 2.45) is 4.99 Å². The first-order valence-electron chi connectivity index (χ1n) is 8.94. The van der Waals surface area contributed by atoms with Gasteiger partial charge in [-0.15, -0.1) is 0 Å². The minimum Gasteiger partial charge on any atom is -0.357 e. The molecule has 0 aliphatic heterocycles. The summed E-state index contributed by atoms with van der Waals surface area (Å²) in [5, 5.41) is 13.5. The molecule has 0 unspecified atom stereocenters. The minimum absolute atomic E-state index is 0.0702. The van der Waals surface area contributed by atoms with Gasteiger partial charge in [-0.1, -0.05) is 12.1 Å². The number of aryl methyl sites for hydroxylation is 1. The Bertz CT molecular complexity index is 737. The van der Waals surface area contributed by atoms with Gasteiger partial charge in [0.2, 0.25) is 0 Å². The van der Waals surface area contributed by atoms with Gasteiger partial charge < -0.3 is 16.0 Å². The largest absolute Gasteiger partial charge is 0.357 e. The molecule has 0 spiro atoms. The van der Waals surface area contributed by atoms with Crippen LogP contribution in [-0.2, 0) is 13.0 Å². The van der Waals surface area contributed by atoms with Gasteiger partial charge in [0.05, 0.1) is 12.7 Å². The van der Waals surface area contributed by atoms with Crippen LogP contribution in [0.25, 0.3) is 0 Å². The van der Waals surface area contributed by atoms with Crippen LogP contribution >= 0.6 is 0 Å². The van der Waals surface area contributed by atoms with Crippen molar-refractivity contribution in [3.63, 3.8) is 0 Å². The molecule has 0 fully saturated rings. The van der Waals surface area contributed by atoms with E-state index in [9.17, 15) is 4.79 Å². The van der Waals surface area contributed by atoms with Crippen molar-refractivity contribution in [1.29, 1.82) is 0 Å². The number of amides is 1. The Morgan fingerprint density at radius 3 is 2.85 bits per heavy atom. The van der Waals surface area contributed by atoms with Crippen molar-refractivity contribution < 1.29 is 4.79 Å². The molecule has 0 bridgehead atoms. The van der Waals surface area contributed by atoms with E-state index in [4.69, 9.17) is 0 Å². The third-order valence-corrected chi connectivity index (χ3v) is 3.83. The van der Waals surface area contributed by atoms with Crippen LogP contribution in [0.5, 0.6) is 0 Å². The molecule has 1 aromatic carbocycles. The van der Waals surface area contributed by atoms with Crippen molar-refractivity contribution in [3.8, 4) is 0 Å². The Hall–Kier alpha value is -2.83. The van der Waals surface area contributed by atoms with Crippen LogP contribution in [0.1, 0.15) is 28.4 Å². The maximum atomic E-state index is 11.7. The van der Waals surface area contributed by atoms with Gasteiger partial charge in [0.1, 0.15) is 0 Å². The molecule has 0 atom stereocenters. The van der Waals surface area contributed by atoms with E-state index in [2.05, 4.69) is 26.0 Å². The number of hydrogen-bond donors (Lipinski definition) is 3. The van der Waals surface area contributed by atoms with Crippen LogP contribution in [-0.4, -0.2) is 48.3 Å². The highest BCUT2D eigenvalue weighted by molar-refractivity contribution is 5.94. The lowest BCUT2D eigenvalue weighted by atomic mass is 10.1. The lowest BCUT2D eigenvalue weighted by molar-refractivity contribution is 0.0963. The van der Waals surface area contributed by atoms with E-state index >= 15 is 0 Å². The van der Waals surface area contributed by atoms with Crippen LogP contribution in [0, 0.1) is 6.92 Å². The number of carbonyl (C=O) groups is 1. The molecule has 0 radical (unpaired) electrons. The van der Waals surface area contributed by atoms with Crippen LogP contribution < -0.4 is 16.0 Å². The molecule has 1 amide bonds. The molecule has 2 rings (SSSR count). The molecule has 3 N–H and O–H groups in total. The third kappa shape index (κ3) is 6.23. The van der Waals surface area contributed by atoms with E-state index < -0.39 is 0 Å². The molecule has 0 saturated carbocycles. The van der Waals surface area contributed by atoms with Crippen molar-refractivity contribution >= 4 is 11.9 Å². The van der Waals surface area contributed by atoms with Gasteiger partial charge in [0, 0.05) is 38.4 Å². The fraction of sp³-hybridized carbons (Fsp3) is 0.421. The van der Waals surface area contributed by atoms with E-state index in [1.165, 1.54) is 0 Å². The Balaban J connectivity index is 1.85. The molecule has 7 heteroatoms. The summed E-state index contributed by atoms with van der Waals surface area (Å²) < 4.78 is 1.91. The summed E-state index contributed by atoms with van der Waals surface area (Å²) in [6, 6.07) is 7.64. The van der Waals surface area contributed by atoms with Gasteiger partial charge in [0.25, 0.3) is 5.91 Å². The lowest BCUT2D eigenvalue weighted by Gasteiger charge is -2.11. The van der Waals surface area contributed by atoms with E-state index in [0.717, 1.165) is 43.1 Å². The molecule has 1 heterocycles. The van der Waals surface area contributed by atoms with Crippen molar-refractivity contribution in [2.75, 3.05) is 26.7 Å². The van der Waals surface area contributed by atoms with Crippen molar-refractivity contribution in [3.05, 3.63) is 53.3 Å². The smallest absolute Gasteiger partial charge is 0.251 e. The Morgan fingerprint density at radius 2 is 2.15 bits per heavy atom. The number of aliphatic imine (C=N–C) groups is 1. The highest BCUT2D eigenvalue weighted by Crippen LogP contribution is 2.06. The van der Waals surface area contributed by atoms with Gasteiger partial charge in [0.15, 0.2) is 5.96 Å². The van der Waals surface area contributed by atoms with E-state index in [0.29, 0.717) is 12.1 Å². The van der Waals surface area contributed by atoms with Crippen molar-refractivity contribution in [1.82, 2.24) is 25.7 Å². The molecule has 7 nitrogen and oxygen atoms in total. The molecule has 0 aliphatic rings. The van der Waals surface area contributed by atoms with Gasteiger partial charge in [-0.05, 0) is 43.5 Å². The van der Waals surface area contributed by atoms with Crippen LogP contribution in [0.2, 0.25) is 0 Å². The zero-order valence-corrected chi connectivity index (χ0v) is 15.7. The van der Waals surface area contributed by atoms with E-state index in [1.807, 2.05) is 55.2 Å². The van der Waals surface area contributed by atoms with E-state index in [-0.39, 0.29) is 5.91 Å². The topological polar surface area (TPSA) is 83.3 Å². The molecule has 26 heavy (non-hydrogen) atoms. The van der Waals surface area contributed by atoms with Gasteiger partial charge >= 0.3 is 0 Å². The maximum Gasteiger partial charge on any atom is 0.251 e. The summed E-state index contributed by atoms with van der Waals surface area (Å²) >= 11 is 0. The summed E-state index contributed by atoms with van der Waals surface area (Å²) in [7, 11) is 1.64. The lowest BCUT2D eigenvalue weighted by Crippen LogP contribution is -2.39. The summed E-state index contributed by atoms with van der Waals surface area (Å²) in [6.07, 6.45) is 4.65. The number of aromatic nitrogens is 2. The summed E-state index contributed by atoms with van der Waals surface area (Å²) in [5.41, 5.74) is 2.93. The summed E-state index contributed by atoms with van der Waals surface area (Å²) in [6.45, 7) is 7.06. The number of guanidine groups is 1. The Labute approximate surface area is 154 Å². The quantitative estimate of drug-likeness (QED) is 0.492. The first-order chi connectivity index (χ1) is 12.6. The average molecular weight is 356 g/mol. The summed E-state index contributed by atoms with van der Waals surface area (Å²) in [5.74, 6) is 0.720. The number of carbonyl (C=O) groups excluding carboxylic acids is 1. The Morgan fingerprint density at radius 1 is 1.31 bits per heavy atom. The van der Waals surface area contributed by atoms with Crippen LogP contribution in [0.15, 0.2) is 41.7 Å². The van der Waals surface area contributed by atoms with E-state index in [1.54, 1.807) is 7.05 Å². The van der Waals surface area contributed by atoms with Crippen LogP contribution in [0.3, 0.4) is 0 Å². The average Bonchev–Trinajstić information content (AvgIpc) is 3.06. The second-order valence-electron chi connectivity index (χ2n) is 6.00. The molecule has 0 saturated heterocycles.